The zero-order valence-electron chi connectivity index (χ0n) is 11.6. The molecule has 1 aliphatic heterocycles. The number of nitrogens with zero attached hydrogens (tertiary/aromatic N) is 2. The Morgan fingerprint density at radius 1 is 1.19 bits per heavy atom. The molecule has 0 atom stereocenters. The van der Waals surface area contributed by atoms with Crippen LogP contribution in [0.5, 0.6) is 0 Å². The van der Waals surface area contributed by atoms with Crippen molar-refractivity contribution in [1.82, 2.24) is 9.88 Å². The van der Waals surface area contributed by atoms with Crippen LogP contribution in [0.15, 0.2) is 36.5 Å². The Hall–Kier alpha value is -2.07. The molecule has 5 heteroatoms. The number of carbonyl (C=O) groups is 1. The van der Waals surface area contributed by atoms with Gasteiger partial charge in [-0.1, -0.05) is 35.9 Å². The van der Waals surface area contributed by atoms with Crippen molar-refractivity contribution in [3.8, 4) is 0 Å². The molecule has 0 aliphatic carbocycles. The van der Waals surface area contributed by atoms with Gasteiger partial charge in [-0.05, 0) is 30.0 Å². The number of pyridine rings is 1. The molecule has 2 aromatic rings. The zero-order valence-corrected chi connectivity index (χ0v) is 12.3. The molecule has 21 heavy (non-hydrogen) atoms. The highest BCUT2D eigenvalue weighted by Crippen LogP contribution is 2.20. The van der Waals surface area contributed by atoms with Gasteiger partial charge in [-0.2, -0.15) is 0 Å². The molecule has 0 radical (unpaired) electrons. The lowest BCUT2D eigenvalue weighted by Gasteiger charge is -2.20. The lowest BCUT2D eigenvalue weighted by molar-refractivity contribution is 0.0762. The fraction of sp³-hybridized carbons (Fsp3) is 0.250. The first kappa shape index (κ1) is 13.9. The molecule has 1 amide bonds. The standard InChI is InChI=1S/C16H16ClN3O/c17-14-9-13(10-19-15(14)18)16(21)20-7-5-11-3-1-2-4-12(11)6-8-20/h1-4,9-10H,5-8H2,(H2,18,19). The second-order valence-electron chi connectivity index (χ2n) is 5.15. The molecule has 2 N–H and O–H groups in total. The number of amides is 1. The molecule has 3 rings (SSSR count). The number of aromatic nitrogens is 1. The first-order valence-corrected chi connectivity index (χ1v) is 7.30. The summed E-state index contributed by atoms with van der Waals surface area (Å²) < 4.78 is 0. The SMILES string of the molecule is Nc1ncc(C(=O)N2CCc3ccccc3CC2)cc1Cl. The van der Waals surface area contributed by atoms with Crippen molar-refractivity contribution in [3.63, 3.8) is 0 Å². The molecule has 2 heterocycles. The highest BCUT2D eigenvalue weighted by Gasteiger charge is 2.20. The van der Waals surface area contributed by atoms with Gasteiger partial charge in [-0.25, -0.2) is 4.98 Å². The minimum absolute atomic E-state index is 0.0443. The summed E-state index contributed by atoms with van der Waals surface area (Å²) in [5.41, 5.74) is 8.71. The number of fused-ring (bicyclic) bond motifs is 1. The summed E-state index contributed by atoms with van der Waals surface area (Å²) in [6, 6.07) is 9.93. The maximum atomic E-state index is 12.6. The minimum atomic E-state index is -0.0443. The minimum Gasteiger partial charge on any atom is -0.382 e. The topological polar surface area (TPSA) is 59.2 Å². The third kappa shape index (κ3) is 2.85. The van der Waals surface area contributed by atoms with Gasteiger partial charge in [0, 0.05) is 19.3 Å². The summed E-state index contributed by atoms with van der Waals surface area (Å²) in [6.45, 7) is 1.41. The fourth-order valence-corrected chi connectivity index (χ4v) is 2.79. The Bertz CT molecular complexity index is 660. The van der Waals surface area contributed by atoms with Crippen molar-refractivity contribution in [3.05, 3.63) is 58.2 Å². The Morgan fingerprint density at radius 3 is 2.38 bits per heavy atom. The quantitative estimate of drug-likeness (QED) is 0.880. The van der Waals surface area contributed by atoms with Gasteiger partial charge in [0.1, 0.15) is 5.82 Å². The normalized spacial score (nSPS) is 14.4. The average Bonchev–Trinajstić information content (AvgIpc) is 2.72. The molecule has 0 bridgehead atoms. The van der Waals surface area contributed by atoms with Gasteiger partial charge in [0.15, 0.2) is 0 Å². The number of carbonyl (C=O) groups excluding carboxylic acids is 1. The van der Waals surface area contributed by atoms with E-state index >= 15 is 0 Å². The number of benzene rings is 1. The number of hydrogen-bond acceptors (Lipinski definition) is 3. The van der Waals surface area contributed by atoms with Crippen molar-refractivity contribution in [1.29, 1.82) is 0 Å². The van der Waals surface area contributed by atoms with Crippen LogP contribution in [-0.4, -0.2) is 28.9 Å². The fourth-order valence-electron chi connectivity index (χ4n) is 2.62. The van der Waals surface area contributed by atoms with Gasteiger partial charge in [0.05, 0.1) is 10.6 Å². The molecule has 4 nitrogen and oxygen atoms in total. The van der Waals surface area contributed by atoms with E-state index in [4.69, 9.17) is 17.3 Å². The summed E-state index contributed by atoms with van der Waals surface area (Å²) in [4.78, 5) is 18.4. The molecule has 1 aliphatic rings. The molecule has 1 aromatic carbocycles. The Labute approximate surface area is 128 Å². The number of hydrogen-bond donors (Lipinski definition) is 1. The van der Waals surface area contributed by atoms with Crippen LogP contribution in [-0.2, 0) is 12.8 Å². The maximum absolute atomic E-state index is 12.6. The van der Waals surface area contributed by atoms with E-state index < -0.39 is 0 Å². The van der Waals surface area contributed by atoms with Crippen LogP contribution in [0.2, 0.25) is 5.02 Å². The molecule has 0 saturated carbocycles. The molecule has 0 unspecified atom stereocenters. The number of halogens is 1. The Balaban J connectivity index is 1.79. The number of nitrogen functional groups attached to an aromatic ring is 1. The molecular weight excluding hydrogens is 286 g/mol. The average molecular weight is 302 g/mol. The van der Waals surface area contributed by atoms with Gasteiger partial charge in [0.2, 0.25) is 0 Å². The van der Waals surface area contributed by atoms with Crippen LogP contribution in [0.4, 0.5) is 5.82 Å². The highest BCUT2D eigenvalue weighted by atomic mass is 35.5. The van der Waals surface area contributed by atoms with Crippen molar-refractivity contribution in [2.24, 2.45) is 0 Å². The first-order valence-electron chi connectivity index (χ1n) is 6.92. The molecule has 0 spiro atoms. The monoisotopic (exact) mass is 301 g/mol. The van der Waals surface area contributed by atoms with E-state index in [1.165, 1.54) is 17.3 Å². The van der Waals surface area contributed by atoms with Crippen LogP contribution in [0.25, 0.3) is 0 Å². The van der Waals surface area contributed by atoms with Crippen LogP contribution in [0.3, 0.4) is 0 Å². The van der Waals surface area contributed by atoms with Crippen molar-refractivity contribution < 1.29 is 4.79 Å². The van der Waals surface area contributed by atoms with Crippen LogP contribution in [0.1, 0.15) is 21.5 Å². The van der Waals surface area contributed by atoms with E-state index in [1.807, 2.05) is 17.0 Å². The van der Waals surface area contributed by atoms with Gasteiger partial charge in [-0.15, -0.1) is 0 Å². The smallest absolute Gasteiger partial charge is 0.255 e. The predicted molar refractivity (Wildman–Crippen MR) is 83.4 cm³/mol. The predicted octanol–water partition coefficient (Wildman–Crippen LogP) is 2.56. The molecule has 0 saturated heterocycles. The van der Waals surface area contributed by atoms with E-state index in [0.29, 0.717) is 23.7 Å². The molecule has 1 aromatic heterocycles. The summed E-state index contributed by atoms with van der Waals surface area (Å²) >= 11 is 5.94. The second kappa shape index (κ2) is 5.74. The van der Waals surface area contributed by atoms with E-state index in [2.05, 4.69) is 17.1 Å². The number of rotatable bonds is 1. The van der Waals surface area contributed by atoms with Crippen molar-refractivity contribution in [2.75, 3.05) is 18.8 Å². The van der Waals surface area contributed by atoms with Gasteiger partial charge < -0.3 is 10.6 Å². The van der Waals surface area contributed by atoms with E-state index in [0.717, 1.165) is 12.8 Å². The second-order valence-corrected chi connectivity index (χ2v) is 5.56. The van der Waals surface area contributed by atoms with E-state index in [9.17, 15) is 4.79 Å². The molecular formula is C16H16ClN3O. The summed E-state index contributed by atoms with van der Waals surface area (Å²) in [5, 5.41) is 0.318. The van der Waals surface area contributed by atoms with Crippen LogP contribution in [0, 0.1) is 0 Å². The van der Waals surface area contributed by atoms with Crippen molar-refractivity contribution in [2.45, 2.75) is 12.8 Å². The number of nitrogens with two attached hydrogens (primary N) is 1. The third-order valence-corrected chi connectivity index (χ3v) is 4.13. The van der Waals surface area contributed by atoms with Crippen LogP contribution >= 0.6 is 11.6 Å². The zero-order chi connectivity index (χ0) is 14.8. The summed E-state index contributed by atoms with van der Waals surface area (Å²) in [7, 11) is 0. The summed E-state index contributed by atoms with van der Waals surface area (Å²) in [5.74, 6) is 0.202. The largest absolute Gasteiger partial charge is 0.382 e. The maximum Gasteiger partial charge on any atom is 0.255 e. The van der Waals surface area contributed by atoms with Crippen molar-refractivity contribution >= 4 is 23.3 Å². The third-order valence-electron chi connectivity index (χ3n) is 3.82. The lowest BCUT2D eigenvalue weighted by atomic mass is 10.0. The number of anilines is 1. The lowest BCUT2D eigenvalue weighted by Crippen LogP contribution is -2.33. The van der Waals surface area contributed by atoms with E-state index in [-0.39, 0.29) is 11.7 Å². The van der Waals surface area contributed by atoms with Crippen LogP contribution < -0.4 is 5.73 Å². The first-order chi connectivity index (χ1) is 10.1. The van der Waals surface area contributed by atoms with E-state index in [1.54, 1.807) is 6.07 Å². The molecule has 0 fully saturated rings. The Kier molecular flexibility index (Phi) is 3.80. The van der Waals surface area contributed by atoms with Gasteiger partial charge in [-0.3, -0.25) is 4.79 Å². The summed E-state index contributed by atoms with van der Waals surface area (Å²) in [6.07, 6.45) is 3.23. The van der Waals surface area contributed by atoms with Gasteiger partial charge in [0.25, 0.3) is 5.91 Å². The van der Waals surface area contributed by atoms with Gasteiger partial charge >= 0.3 is 0 Å². The molecule has 108 valence electrons. The highest BCUT2D eigenvalue weighted by molar-refractivity contribution is 6.33. The Morgan fingerprint density at radius 2 is 1.81 bits per heavy atom.